The molecule has 2 N–H and O–H groups in total. The van der Waals surface area contributed by atoms with Gasteiger partial charge in [-0.2, -0.15) is 0 Å². The van der Waals surface area contributed by atoms with Crippen LogP contribution in [0.4, 0.5) is 0 Å². The largest absolute Gasteiger partial charge is 0.507 e. The third kappa shape index (κ3) is 2.74. The van der Waals surface area contributed by atoms with Crippen molar-refractivity contribution in [2.45, 2.75) is 78.8 Å². The molecule has 4 atom stereocenters. The Balaban J connectivity index is 1.91. The van der Waals surface area contributed by atoms with Crippen LogP contribution in [0.15, 0.2) is 21.7 Å². The second kappa shape index (κ2) is 7.55. The predicted molar refractivity (Wildman–Crippen MR) is 150 cm³/mol. The van der Waals surface area contributed by atoms with E-state index in [0.29, 0.717) is 45.9 Å². The van der Waals surface area contributed by atoms with Gasteiger partial charge in [0.25, 0.3) is 0 Å². The minimum atomic E-state index is -0.433. The van der Waals surface area contributed by atoms with Crippen LogP contribution in [0.1, 0.15) is 73.3 Å². The zero-order valence-electron chi connectivity index (χ0n) is 22.4. The van der Waals surface area contributed by atoms with E-state index >= 15 is 0 Å². The summed E-state index contributed by atoms with van der Waals surface area (Å²) in [6.45, 7) is 11.4. The van der Waals surface area contributed by atoms with Crippen molar-refractivity contribution in [2.75, 3.05) is 0 Å². The first-order valence-electron chi connectivity index (χ1n) is 13.4. The van der Waals surface area contributed by atoms with Gasteiger partial charge in [0.05, 0.1) is 35.2 Å². The van der Waals surface area contributed by atoms with E-state index in [9.17, 15) is 19.8 Å². The van der Waals surface area contributed by atoms with Crippen molar-refractivity contribution < 1.29 is 19.7 Å². The smallest absolute Gasteiger partial charge is 0.196 e. The van der Waals surface area contributed by atoms with E-state index in [0.717, 1.165) is 43.4 Å². The van der Waals surface area contributed by atoms with Gasteiger partial charge in [0.2, 0.25) is 0 Å². The molecule has 2 aliphatic heterocycles. The zero-order chi connectivity index (χ0) is 26.9. The summed E-state index contributed by atoms with van der Waals surface area (Å²) >= 11 is 0. The number of phenolic OH excluding ortho intramolecular Hbond substituents is 2. The monoisotopic (exact) mass is 510 g/mol. The van der Waals surface area contributed by atoms with Crippen LogP contribution in [0, 0.1) is 13.8 Å². The van der Waals surface area contributed by atoms with Crippen LogP contribution >= 0.6 is 0 Å². The van der Waals surface area contributed by atoms with Crippen LogP contribution in [0.2, 0.25) is 0 Å². The summed E-state index contributed by atoms with van der Waals surface area (Å²) < 4.78 is 12.2. The molecule has 6 nitrogen and oxygen atoms in total. The van der Waals surface area contributed by atoms with Gasteiger partial charge in [0, 0.05) is 21.9 Å². The second-order valence-electron chi connectivity index (χ2n) is 11.5. The molecule has 0 aromatic heterocycles. The maximum atomic E-state index is 14.1. The van der Waals surface area contributed by atoms with Crippen LogP contribution in [0.3, 0.4) is 0 Å². The van der Waals surface area contributed by atoms with Crippen molar-refractivity contribution in [3.05, 3.63) is 66.0 Å². The highest BCUT2D eigenvalue weighted by atomic mass is 16.5. The Morgan fingerprint density at radius 3 is 1.37 bits per heavy atom. The lowest BCUT2D eigenvalue weighted by molar-refractivity contribution is -0.00504. The Bertz CT molecular complexity index is 1830. The van der Waals surface area contributed by atoms with Gasteiger partial charge >= 0.3 is 0 Å². The summed E-state index contributed by atoms with van der Waals surface area (Å²) in [5.74, 6) is -0.0311. The van der Waals surface area contributed by atoms with Crippen molar-refractivity contribution in [2.24, 2.45) is 0 Å². The van der Waals surface area contributed by atoms with Gasteiger partial charge in [-0.3, -0.25) is 9.59 Å². The summed E-state index contributed by atoms with van der Waals surface area (Å²) in [5.41, 5.74) is 3.73. The molecule has 0 fully saturated rings. The number of aryl methyl sites for hydroxylation is 2. The molecule has 5 aromatic carbocycles. The molecule has 0 amide bonds. The van der Waals surface area contributed by atoms with Crippen LogP contribution in [-0.2, 0) is 22.3 Å². The Morgan fingerprint density at radius 2 is 1.00 bits per heavy atom. The van der Waals surface area contributed by atoms with Crippen LogP contribution < -0.4 is 10.9 Å². The van der Waals surface area contributed by atoms with Crippen molar-refractivity contribution in [1.82, 2.24) is 0 Å². The first-order chi connectivity index (χ1) is 18.0. The minimum absolute atomic E-state index is 0.0156. The molecule has 7 rings (SSSR count). The fourth-order valence-corrected chi connectivity index (χ4v) is 7.47. The van der Waals surface area contributed by atoms with Gasteiger partial charge in [-0.05, 0) is 110 Å². The van der Waals surface area contributed by atoms with Crippen LogP contribution in [0.25, 0.3) is 43.1 Å². The maximum Gasteiger partial charge on any atom is 0.196 e. The maximum absolute atomic E-state index is 14.1. The van der Waals surface area contributed by atoms with E-state index in [4.69, 9.17) is 9.47 Å². The molecule has 6 heteroatoms. The fourth-order valence-electron chi connectivity index (χ4n) is 7.47. The summed E-state index contributed by atoms with van der Waals surface area (Å²) in [4.78, 5) is 28.2. The van der Waals surface area contributed by atoms with Crippen molar-refractivity contribution in [3.63, 3.8) is 0 Å². The lowest BCUT2D eigenvalue weighted by Gasteiger charge is -2.32. The predicted octanol–water partition coefficient (Wildman–Crippen LogP) is 5.97. The quantitative estimate of drug-likeness (QED) is 0.197. The first-order valence-corrected chi connectivity index (χ1v) is 13.4. The highest BCUT2D eigenvalue weighted by Gasteiger charge is 2.35. The zero-order valence-corrected chi connectivity index (χ0v) is 22.4. The summed E-state index contributed by atoms with van der Waals surface area (Å²) in [6.07, 6.45) is 0.0291. The Morgan fingerprint density at radius 1 is 0.632 bits per heavy atom. The molecule has 0 spiro atoms. The summed E-state index contributed by atoms with van der Waals surface area (Å²) in [5, 5.41) is 28.1. The molecule has 0 bridgehead atoms. The van der Waals surface area contributed by atoms with Gasteiger partial charge in [-0.15, -0.1) is 0 Å². The molecule has 2 aliphatic rings. The highest BCUT2D eigenvalue weighted by Crippen LogP contribution is 2.50. The first kappa shape index (κ1) is 23.6. The van der Waals surface area contributed by atoms with E-state index in [-0.39, 0.29) is 34.6 Å². The van der Waals surface area contributed by atoms with E-state index in [1.54, 1.807) is 13.8 Å². The van der Waals surface area contributed by atoms with Gasteiger partial charge < -0.3 is 19.7 Å². The molecule has 0 saturated carbocycles. The van der Waals surface area contributed by atoms with Crippen molar-refractivity contribution in [3.8, 4) is 11.5 Å². The Labute approximate surface area is 219 Å². The number of hydrogen-bond acceptors (Lipinski definition) is 6. The van der Waals surface area contributed by atoms with E-state index in [1.807, 2.05) is 39.8 Å². The molecule has 0 saturated heterocycles. The fraction of sp³-hybridized carbons (Fsp3) is 0.375. The second-order valence-corrected chi connectivity index (χ2v) is 11.5. The third-order valence-corrected chi connectivity index (χ3v) is 8.89. The number of hydrogen-bond donors (Lipinski definition) is 2. The number of aromatic hydroxyl groups is 2. The topological polar surface area (TPSA) is 93.1 Å². The molecular weight excluding hydrogens is 480 g/mol. The van der Waals surface area contributed by atoms with Gasteiger partial charge in [-0.1, -0.05) is 0 Å². The number of benzene rings is 5. The number of rotatable bonds is 0. The molecule has 2 heterocycles. The van der Waals surface area contributed by atoms with Crippen LogP contribution in [0.5, 0.6) is 11.5 Å². The normalized spacial score (nSPS) is 23.5. The minimum Gasteiger partial charge on any atom is -0.507 e. The highest BCUT2D eigenvalue weighted by molar-refractivity contribution is 6.36. The number of phenols is 2. The molecule has 0 aliphatic carbocycles. The van der Waals surface area contributed by atoms with E-state index in [1.165, 1.54) is 0 Å². The molecule has 0 unspecified atom stereocenters. The lowest BCUT2D eigenvalue weighted by Crippen LogP contribution is -2.29. The van der Waals surface area contributed by atoms with E-state index < -0.39 is 12.2 Å². The van der Waals surface area contributed by atoms with Crippen LogP contribution in [-0.4, -0.2) is 22.4 Å². The van der Waals surface area contributed by atoms with Crippen molar-refractivity contribution in [1.29, 1.82) is 0 Å². The number of fused-ring (bicyclic) bond motifs is 6. The van der Waals surface area contributed by atoms with Gasteiger partial charge in [0.15, 0.2) is 10.9 Å². The summed E-state index contributed by atoms with van der Waals surface area (Å²) in [7, 11) is 0. The molecule has 38 heavy (non-hydrogen) atoms. The third-order valence-electron chi connectivity index (χ3n) is 8.89. The number of ether oxygens (including phenoxy) is 2. The Hall–Kier alpha value is -3.48. The van der Waals surface area contributed by atoms with Gasteiger partial charge in [-0.25, -0.2) is 0 Å². The molecule has 5 aromatic rings. The summed E-state index contributed by atoms with van der Waals surface area (Å²) in [6, 6.07) is 3.87. The molecule has 194 valence electrons. The SMILES string of the molecule is Cc1cc2c3c4c(c(=O)c5c(O)c(C)cc(c6c7c(c(=O)c(c1O)c26)[C@@H](C)O[C@H](C)C7)c53)[C@@H](C)O[C@@H](C)C4. The Kier molecular flexibility index (Phi) is 4.69. The average molecular weight is 511 g/mol. The molecular formula is C32H30O6. The van der Waals surface area contributed by atoms with E-state index in [2.05, 4.69) is 0 Å². The molecule has 0 radical (unpaired) electrons. The lowest BCUT2D eigenvalue weighted by atomic mass is 9.78. The van der Waals surface area contributed by atoms with Gasteiger partial charge in [0.1, 0.15) is 11.5 Å². The average Bonchev–Trinajstić information content (AvgIpc) is 2.83. The van der Waals surface area contributed by atoms with Crippen molar-refractivity contribution >= 4 is 43.1 Å². The standard InChI is InChI=1S/C32H30O6/c1-11-7-17-23-19-9-13(3)38-16(6)22(19)32(36)28-26(23)18(8-12(2)30(28)34)24-20-10-14(4)37-15(5)21(20)31(35)27(25(17)24)29(11)33/h7-8,13-16,33-34H,9-10H2,1-6H3/t13-,14+,15-,16-/m1/s1.